The molecule has 5 nitrogen and oxygen atoms in total. The first-order valence-electron chi connectivity index (χ1n) is 6.91. The minimum Gasteiger partial charge on any atom is -0.267 e. The molecule has 106 valence electrons. The highest BCUT2D eigenvalue weighted by Gasteiger charge is 2.38. The molecular weight excluding hydrogens is 278 g/mol. The van der Waals surface area contributed by atoms with Crippen molar-refractivity contribution in [2.24, 2.45) is 0 Å². The molecule has 3 aromatic rings. The highest BCUT2D eigenvalue weighted by Crippen LogP contribution is 2.23. The molecule has 0 spiro atoms. The lowest BCUT2D eigenvalue weighted by atomic mass is 10.2. The van der Waals surface area contributed by atoms with Crippen molar-refractivity contribution in [1.29, 1.82) is 0 Å². The van der Waals surface area contributed by atoms with E-state index in [-0.39, 0.29) is 29.7 Å². The number of rotatable bonds is 2. The Morgan fingerprint density at radius 2 is 1.23 bits per heavy atom. The van der Waals surface area contributed by atoms with E-state index in [0.717, 1.165) is 5.56 Å². The molecule has 0 radical (unpaired) electrons. The molecule has 1 aliphatic rings. The molecule has 22 heavy (non-hydrogen) atoms. The van der Waals surface area contributed by atoms with Crippen molar-refractivity contribution in [3.8, 4) is 0 Å². The van der Waals surface area contributed by atoms with Crippen LogP contribution in [0, 0.1) is 0 Å². The molecule has 0 N–H and O–H groups in total. The first kappa shape index (κ1) is 12.6. The highest BCUT2D eigenvalue weighted by atomic mass is 16.2. The Morgan fingerprint density at radius 3 is 1.77 bits per heavy atom. The van der Waals surface area contributed by atoms with Gasteiger partial charge in [0, 0.05) is 0 Å². The molecule has 0 saturated carbocycles. The zero-order chi connectivity index (χ0) is 15.1. The van der Waals surface area contributed by atoms with Crippen molar-refractivity contribution in [3.05, 3.63) is 71.5 Å². The van der Waals surface area contributed by atoms with Gasteiger partial charge in [-0.2, -0.15) is 0 Å². The maximum absolute atomic E-state index is 12.5. The second-order valence-corrected chi connectivity index (χ2v) is 5.09. The summed E-state index contributed by atoms with van der Waals surface area (Å²) in [6, 6.07) is 16.6. The van der Waals surface area contributed by atoms with Gasteiger partial charge in [0.2, 0.25) is 0 Å². The zero-order valence-electron chi connectivity index (χ0n) is 11.6. The Morgan fingerprint density at radius 1 is 0.727 bits per heavy atom. The minimum atomic E-state index is -0.387. The number of nitrogens with zero attached hydrogens (tertiary/aromatic N) is 3. The van der Waals surface area contributed by atoms with Gasteiger partial charge >= 0.3 is 0 Å². The number of fused-ring (bicyclic) bond motifs is 2. The van der Waals surface area contributed by atoms with Crippen LogP contribution in [0.3, 0.4) is 0 Å². The van der Waals surface area contributed by atoms with E-state index in [1.807, 2.05) is 42.5 Å². The molecule has 1 aliphatic heterocycles. The van der Waals surface area contributed by atoms with E-state index in [1.165, 1.54) is 4.90 Å². The number of benzene rings is 2. The highest BCUT2D eigenvalue weighted by molar-refractivity contribution is 6.20. The molecule has 0 atom stereocenters. The molecule has 2 heterocycles. The predicted octanol–water partition coefficient (Wildman–Crippen LogP) is 2.43. The first-order chi connectivity index (χ1) is 10.7. The fraction of sp³-hybridized carbons (Fsp3) is 0.0588. The molecule has 0 unspecified atom stereocenters. The molecule has 2 aromatic carbocycles. The van der Waals surface area contributed by atoms with Crippen molar-refractivity contribution in [2.75, 3.05) is 0 Å². The molecular formula is C17H11N3O2. The maximum atomic E-state index is 12.5. The van der Waals surface area contributed by atoms with Crippen LogP contribution in [0.2, 0.25) is 0 Å². The van der Waals surface area contributed by atoms with Gasteiger partial charge in [0.15, 0.2) is 11.4 Å². The van der Waals surface area contributed by atoms with Crippen LogP contribution in [-0.4, -0.2) is 26.7 Å². The Hall–Kier alpha value is -3.08. The molecule has 2 amide bonds. The van der Waals surface area contributed by atoms with E-state index in [1.54, 1.807) is 12.1 Å². The topological polar surface area (TPSA) is 63.2 Å². The number of amides is 2. The van der Waals surface area contributed by atoms with Crippen LogP contribution < -0.4 is 0 Å². The molecule has 1 aromatic heterocycles. The second-order valence-electron chi connectivity index (χ2n) is 5.09. The standard InChI is InChI=1S/C17H11N3O2/c21-16-14-15(19-13-9-5-4-8-12(13)18-14)17(22)20(16)10-11-6-2-1-3-7-11/h1-9H,10H2. The van der Waals surface area contributed by atoms with Gasteiger partial charge in [-0.3, -0.25) is 14.5 Å². The van der Waals surface area contributed by atoms with Gasteiger partial charge in [-0.15, -0.1) is 0 Å². The van der Waals surface area contributed by atoms with Crippen LogP contribution in [0.4, 0.5) is 0 Å². The lowest BCUT2D eigenvalue weighted by Crippen LogP contribution is -2.29. The van der Waals surface area contributed by atoms with Gasteiger partial charge in [-0.05, 0) is 17.7 Å². The summed E-state index contributed by atoms with van der Waals surface area (Å²) in [5.41, 5.74) is 2.40. The van der Waals surface area contributed by atoms with Crippen molar-refractivity contribution >= 4 is 22.8 Å². The zero-order valence-corrected chi connectivity index (χ0v) is 11.6. The monoisotopic (exact) mass is 289 g/mol. The van der Waals surface area contributed by atoms with Crippen LogP contribution >= 0.6 is 0 Å². The number of hydrogen-bond donors (Lipinski definition) is 0. The summed E-state index contributed by atoms with van der Waals surface area (Å²) < 4.78 is 0. The minimum absolute atomic E-state index is 0.139. The average Bonchev–Trinajstić information content (AvgIpc) is 2.79. The molecule has 5 heteroatoms. The van der Waals surface area contributed by atoms with E-state index in [0.29, 0.717) is 11.0 Å². The van der Waals surface area contributed by atoms with Crippen LogP contribution in [0.15, 0.2) is 54.6 Å². The van der Waals surface area contributed by atoms with Crippen molar-refractivity contribution in [2.45, 2.75) is 6.54 Å². The van der Waals surface area contributed by atoms with E-state index in [2.05, 4.69) is 9.97 Å². The van der Waals surface area contributed by atoms with Gasteiger partial charge in [-0.1, -0.05) is 42.5 Å². The van der Waals surface area contributed by atoms with Gasteiger partial charge in [0.1, 0.15) is 0 Å². The SMILES string of the molecule is O=C1c2nc3ccccc3nc2C(=O)N1Cc1ccccc1. The quantitative estimate of drug-likeness (QED) is 0.680. The fourth-order valence-corrected chi connectivity index (χ4v) is 2.56. The number of imide groups is 1. The van der Waals surface area contributed by atoms with Gasteiger partial charge < -0.3 is 0 Å². The second kappa shape index (κ2) is 4.73. The molecule has 0 bridgehead atoms. The number of carbonyl (C=O) groups excluding carboxylic acids is 2. The lowest BCUT2D eigenvalue weighted by molar-refractivity contribution is 0.0639. The Bertz CT molecular complexity index is 852. The molecule has 4 rings (SSSR count). The molecule has 0 fully saturated rings. The van der Waals surface area contributed by atoms with Crippen molar-refractivity contribution in [1.82, 2.24) is 14.9 Å². The van der Waals surface area contributed by atoms with Crippen molar-refractivity contribution < 1.29 is 9.59 Å². The third-order valence-electron chi connectivity index (χ3n) is 3.65. The lowest BCUT2D eigenvalue weighted by Gasteiger charge is -2.12. The van der Waals surface area contributed by atoms with Crippen LogP contribution in [-0.2, 0) is 6.54 Å². The predicted molar refractivity (Wildman–Crippen MR) is 80.2 cm³/mol. The Balaban J connectivity index is 1.77. The van der Waals surface area contributed by atoms with Gasteiger partial charge in [0.05, 0.1) is 17.6 Å². The number of para-hydroxylation sites is 2. The average molecular weight is 289 g/mol. The van der Waals surface area contributed by atoms with Crippen LogP contribution in [0.5, 0.6) is 0 Å². The van der Waals surface area contributed by atoms with Crippen molar-refractivity contribution in [3.63, 3.8) is 0 Å². The Kier molecular flexibility index (Phi) is 2.72. The summed E-state index contributed by atoms with van der Waals surface area (Å²) in [7, 11) is 0. The fourth-order valence-electron chi connectivity index (χ4n) is 2.56. The number of aromatic nitrogens is 2. The smallest absolute Gasteiger partial charge is 0.267 e. The van der Waals surface area contributed by atoms with Gasteiger partial charge in [0.25, 0.3) is 11.8 Å². The Labute approximate surface area is 126 Å². The van der Waals surface area contributed by atoms with E-state index < -0.39 is 0 Å². The summed E-state index contributed by atoms with van der Waals surface area (Å²) in [4.78, 5) is 34.7. The summed E-state index contributed by atoms with van der Waals surface area (Å²) in [6.45, 7) is 0.229. The third-order valence-corrected chi connectivity index (χ3v) is 3.65. The molecule has 0 saturated heterocycles. The summed E-state index contributed by atoms with van der Waals surface area (Å²) in [5.74, 6) is -0.774. The van der Waals surface area contributed by atoms with Crippen LogP contribution in [0.1, 0.15) is 26.5 Å². The van der Waals surface area contributed by atoms with E-state index in [4.69, 9.17) is 0 Å². The van der Waals surface area contributed by atoms with E-state index in [9.17, 15) is 9.59 Å². The maximum Gasteiger partial charge on any atom is 0.282 e. The van der Waals surface area contributed by atoms with Gasteiger partial charge in [-0.25, -0.2) is 9.97 Å². The first-order valence-corrected chi connectivity index (χ1v) is 6.91. The number of carbonyl (C=O) groups is 2. The summed E-state index contributed by atoms with van der Waals surface area (Å²) >= 11 is 0. The van der Waals surface area contributed by atoms with Crippen LogP contribution in [0.25, 0.3) is 11.0 Å². The summed E-state index contributed by atoms with van der Waals surface area (Å²) in [6.07, 6.45) is 0. The van der Waals surface area contributed by atoms with E-state index >= 15 is 0 Å². The molecule has 0 aliphatic carbocycles. The normalized spacial score (nSPS) is 13.7. The summed E-state index contributed by atoms with van der Waals surface area (Å²) in [5, 5.41) is 0. The largest absolute Gasteiger partial charge is 0.282 e. The third kappa shape index (κ3) is 1.87. The number of hydrogen-bond acceptors (Lipinski definition) is 4.